The Balaban J connectivity index is 1.19. The van der Waals surface area contributed by atoms with Crippen molar-refractivity contribution in [2.45, 2.75) is 19.3 Å². The molecule has 0 saturated carbocycles. The molecule has 57 heavy (non-hydrogen) atoms. The van der Waals surface area contributed by atoms with Crippen LogP contribution in [0.25, 0.3) is 99.1 Å². The number of benzene rings is 10. The highest BCUT2D eigenvalue weighted by Crippen LogP contribution is 2.52. The minimum Gasteiger partial charge on any atom is -0.0622 e. The molecule has 1 aliphatic carbocycles. The minimum absolute atomic E-state index is 0.101. The molecular formula is C57H40. The van der Waals surface area contributed by atoms with Crippen LogP contribution in [-0.2, 0) is 5.41 Å². The van der Waals surface area contributed by atoms with Crippen molar-refractivity contribution in [3.8, 4) is 66.8 Å². The summed E-state index contributed by atoms with van der Waals surface area (Å²) in [6.45, 7) is 4.76. The normalized spacial score (nSPS) is 12.9. The van der Waals surface area contributed by atoms with Gasteiger partial charge in [0.1, 0.15) is 0 Å². The van der Waals surface area contributed by atoms with E-state index in [9.17, 15) is 0 Å². The Kier molecular flexibility index (Phi) is 7.63. The first kappa shape index (κ1) is 33.3. The van der Waals surface area contributed by atoms with E-state index in [4.69, 9.17) is 0 Å². The van der Waals surface area contributed by atoms with Gasteiger partial charge in [0.15, 0.2) is 0 Å². The van der Waals surface area contributed by atoms with Crippen molar-refractivity contribution >= 4 is 32.3 Å². The zero-order valence-electron chi connectivity index (χ0n) is 32.1. The second-order valence-electron chi connectivity index (χ2n) is 16.0. The summed E-state index contributed by atoms with van der Waals surface area (Å²) in [6.07, 6.45) is 0. The van der Waals surface area contributed by atoms with Crippen LogP contribution in [0.2, 0.25) is 0 Å². The van der Waals surface area contributed by atoms with Gasteiger partial charge in [-0.05, 0) is 122 Å². The first-order valence-electron chi connectivity index (χ1n) is 20.0. The van der Waals surface area contributed by atoms with E-state index in [0.717, 1.165) is 0 Å². The van der Waals surface area contributed by atoms with Crippen LogP contribution in [0, 0.1) is 0 Å². The molecule has 0 nitrogen and oxygen atoms in total. The highest BCUT2D eigenvalue weighted by atomic mass is 14.4. The Hall–Kier alpha value is -7.02. The van der Waals surface area contributed by atoms with E-state index in [0.29, 0.717) is 0 Å². The molecule has 10 aromatic rings. The third kappa shape index (κ3) is 5.29. The lowest BCUT2D eigenvalue weighted by molar-refractivity contribution is 0.660. The summed E-state index contributed by atoms with van der Waals surface area (Å²) in [6, 6.07) is 76.5. The van der Waals surface area contributed by atoms with Gasteiger partial charge in [0.25, 0.3) is 0 Å². The Bertz CT molecular complexity index is 3180. The first-order chi connectivity index (χ1) is 28.0. The molecule has 0 N–H and O–H groups in total. The van der Waals surface area contributed by atoms with Crippen LogP contribution in [0.5, 0.6) is 0 Å². The minimum atomic E-state index is -0.101. The zero-order valence-corrected chi connectivity index (χ0v) is 32.1. The van der Waals surface area contributed by atoms with Crippen LogP contribution < -0.4 is 0 Å². The molecule has 0 aromatic heterocycles. The van der Waals surface area contributed by atoms with Crippen LogP contribution in [0.15, 0.2) is 206 Å². The maximum absolute atomic E-state index is 2.49. The van der Waals surface area contributed by atoms with Crippen LogP contribution in [0.1, 0.15) is 25.0 Å². The molecule has 0 radical (unpaired) electrons. The molecule has 10 aromatic carbocycles. The number of fused-ring (bicyclic) bond motifs is 6. The van der Waals surface area contributed by atoms with E-state index in [1.165, 1.54) is 110 Å². The molecule has 0 spiro atoms. The lowest BCUT2D eigenvalue weighted by Crippen LogP contribution is -2.14. The lowest BCUT2D eigenvalue weighted by Gasteiger charge is -2.23. The Labute approximate surface area is 334 Å². The van der Waals surface area contributed by atoms with Crippen molar-refractivity contribution in [1.29, 1.82) is 0 Å². The van der Waals surface area contributed by atoms with E-state index in [1.807, 2.05) is 0 Å². The summed E-state index contributed by atoms with van der Waals surface area (Å²) in [5, 5.41) is 7.55. The molecule has 0 saturated heterocycles. The SMILES string of the molecule is CC1(C)c2ccccc2-c2ccc(-c3c4ccccc4c(-c4ccccc4-c4ccc(-c5ccccc5)cc4)c4ccc(-c5cccc6ccccc56)cc34)cc21. The van der Waals surface area contributed by atoms with Gasteiger partial charge in [0.05, 0.1) is 0 Å². The highest BCUT2D eigenvalue weighted by Gasteiger charge is 2.35. The fourth-order valence-electron chi connectivity index (χ4n) is 9.71. The summed E-state index contributed by atoms with van der Waals surface area (Å²) in [5.74, 6) is 0. The second-order valence-corrected chi connectivity index (χ2v) is 16.0. The molecule has 0 atom stereocenters. The molecule has 0 heterocycles. The standard InChI is InChI=1S/C57H40/c1-57(2)53-26-13-12-21-46(53)47-33-32-42(36-54(47)57)55-49-23-10-11-24-50(49)56(51-34-31-41(35-52(51)55)45-25-14-18-39-17-6-7-19-43(39)45)48-22-9-8-20-44(48)40-29-27-38(28-30-40)37-15-4-3-5-16-37/h3-36H,1-2H3. The summed E-state index contributed by atoms with van der Waals surface area (Å²) >= 11 is 0. The quantitative estimate of drug-likeness (QED) is 0.155. The van der Waals surface area contributed by atoms with Crippen molar-refractivity contribution in [3.05, 3.63) is 217 Å². The predicted octanol–water partition coefficient (Wildman–Crippen LogP) is 15.8. The monoisotopic (exact) mass is 724 g/mol. The largest absolute Gasteiger partial charge is 0.0622 e. The van der Waals surface area contributed by atoms with E-state index < -0.39 is 0 Å². The van der Waals surface area contributed by atoms with Crippen LogP contribution in [0.3, 0.4) is 0 Å². The van der Waals surface area contributed by atoms with Gasteiger partial charge in [0.2, 0.25) is 0 Å². The number of hydrogen-bond donors (Lipinski definition) is 0. The molecule has 0 unspecified atom stereocenters. The Morgan fingerprint density at radius 2 is 0.789 bits per heavy atom. The third-order valence-corrected chi connectivity index (χ3v) is 12.5. The van der Waals surface area contributed by atoms with Crippen molar-refractivity contribution < 1.29 is 0 Å². The van der Waals surface area contributed by atoms with Crippen molar-refractivity contribution in [2.75, 3.05) is 0 Å². The van der Waals surface area contributed by atoms with Crippen molar-refractivity contribution in [3.63, 3.8) is 0 Å². The van der Waals surface area contributed by atoms with Crippen LogP contribution in [0.4, 0.5) is 0 Å². The Morgan fingerprint density at radius 1 is 0.263 bits per heavy atom. The smallest absolute Gasteiger partial charge is 0.0159 e. The summed E-state index contributed by atoms with van der Waals surface area (Å²) in [4.78, 5) is 0. The van der Waals surface area contributed by atoms with Gasteiger partial charge in [-0.15, -0.1) is 0 Å². The fraction of sp³-hybridized carbons (Fsp3) is 0.0526. The molecular weight excluding hydrogens is 685 g/mol. The average molecular weight is 725 g/mol. The molecule has 0 heteroatoms. The third-order valence-electron chi connectivity index (χ3n) is 12.5. The molecule has 0 bridgehead atoms. The Morgan fingerprint density at radius 3 is 1.60 bits per heavy atom. The zero-order chi connectivity index (χ0) is 38.1. The highest BCUT2D eigenvalue weighted by molar-refractivity contribution is 6.23. The summed E-state index contributed by atoms with van der Waals surface area (Å²) in [7, 11) is 0. The average Bonchev–Trinajstić information content (AvgIpc) is 3.50. The predicted molar refractivity (Wildman–Crippen MR) is 244 cm³/mol. The van der Waals surface area contributed by atoms with Gasteiger partial charge < -0.3 is 0 Å². The number of rotatable bonds is 5. The number of hydrogen-bond acceptors (Lipinski definition) is 0. The van der Waals surface area contributed by atoms with Gasteiger partial charge >= 0.3 is 0 Å². The fourth-order valence-corrected chi connectivity index (χ4v) is 9.71. The molecule has 11 rings (SSSR count). The van der Waals surface area contributed by atoms with Gasteiger partial charge in [0, 0.05) is 5.41 Å². The summed E-state index contributed by atoms with van der Waals surface area (Å²) in [5.41, 5.74) is 17.8. The molecule has 0 amide bonds. The second kappa shape index (κ2) is 13.0. The lowest BCUT2D eigenvalue weighted by atomic mass is 9.80. The van der Waals surface area contributed by atoms with E-state index in [1.54, 1.807) is 0 Å². The molecule has 268 valence electrons. The molecule has 0 fully saturated rings. The van der Waals surface area contributed by atoms with E-state index in [2.05, 4.69) is 220 Å². The van der Waals surface area contributed by atoms with Crippen LogP contribution in [-0.4, -0.2) is 0 Å². The topological polar surface area (TPSA) is 0 Å². The first-order valence-corrected chi connectivity index (χ1v) is 20.0. The molecule has 0 aliphatic heterocycles. The van der Waals surface area contributed by atoms with E-state index in [-0.39, 0.29) is 5.41 Å². The summed E-state index contributed by atoms with van der Waals surface area (Å²) < 4.78 is 0. The van der Waals surface area contributed by atoms with Gasteiger partial charge in [-0.1, -0.05) is 208 Å². The maximum Gasteiger partial charge on any atom is 0.0159 e. The van der Waals surface area contributed by atoms with Crippen LogP contribution >= 0.6 is 0 Å². The van der Waals surface area contributed by atoms with Crippen molar-refractivity contribution in [2.24, 2.45) is 0 Å². The van der Waals surface area contributed by atoms with Gasteiger partial charge in [-0.25, -0.2) is 0 Å². The van der Waals surface area contributed by atoms with Gasteiger partial charge in [-0.2, -0.15) is 0 Å². The van der Waals surface area contributed by atoms with E-state index >= 15 is 0 Å². The van der Waals surface area contributed by atoms with Crippen molar-refractivity contribution in [1.82, 2.24) is 0 Å². The maximum atomic E-state index is 2.49. The van der Waals surface area contributed by atoms with Gasteiger partial charge in [-0.3, -0.25) is 0 Å². The molecule has 1 aliphatic rings.